The third kappa shape index (κ3) is 4.36. The summed E-state index contributed by atoms with van der Waals surface area (Å²) in [4.78, 5) is 26.1. The normalized spacial score (nSPS) is 10.3. The summed E-state index contributed by atoms with van der Waals surface area (Å²) in [5, 5.41) is 2.97. The van der Waals surface area contributed by atoms with Gasteiger partial charge in [-0.25, -0.2) is 0 Å². The minimum Gasteiger partial charge on any atom is -0.493 e. The van der Waals surface area contributed by atoms with Gasteiger partial charge in [0.1, 0.15) is 0 Å². The molecule has 0 unspecified atom stereocenters. The summed E-state index contributed by atoms with van der Waals surface area (Å²) in [5.41, 5.74) is 8.67. The van der Waals surface area contributed by atoms with Gasteiger partial charge in [0.2, 0.25) is 0 Å². The molecule has 0 atom stereocenters. The predicted molar refractivity (Wildman–Crippen MR) is 109 cm³/mol. The highest BCUT2D eigenvalue weighted by Gasteiger charge is 2.21. The van der Waals surface area contributed by atoms with E-state index in [2.05, 4.69) is 5.32 Å². The van der Waals surface area contributed by atoms with E-state index >= 15 is 0 Å². The zero-order valence-electron chi connectivity index (χ0n) is 17.0. The second-order valence-electron chi connectivity index (χ2n) is 6.53. The quantitative estimate of drug-likeness (QED) is 0.727. The molecule has 0 radical (unpaired) electrons. The molecule has 2 amide bonds. The summed E-state index contributed by atoms with van der Waals surface area (Å²) >= 11 is 0. The summed E-state index contributed by atoms with van der Waals surface area (Å²) in [6, 6.07) is 9.23. The molecule has 150 valence electrons. The SMILES string of the molecule is CNc1c(C(=O)N(C)C)ccc(CCc2ccc(OC)c(OC)c2)c1C(N)=O. The van der Waals surface area contributed by atoms with E-state index in [1.807, 2.05) is 18.2 Å². The van der Waals surface area contributed by atoms with Crippen molar-refractivity contribution in [1.29, 1.82) is 0 Å². The number of carbonyl (C=O) groups is 2. The Morgan fingerprint density at radius 3 is 2.25 bits per heavy atom. The van der Waals surface area contributed by atoms with E-state index < -0.39 is 5.91 Å². The Hall–Kier alpha value is -3.22. The minimum absolute atomic E-state index is 0.196. The Bertz CT molecular complexity index is 878. The molecule has 0 fully saturated rings. The molecule has 0 bridgehead atoms. The standard InChI is InChI=1S/C21H27N3O4/c1-23-19-15(21(26)24(2)3)10-9-14(18(19)20(22)25)8-6-13-7-11-16(27-4)17(12-13)28-5/h7,9-12,23H,6,8H2,1-5H3,(H2,22,25). The number of hydrogen-bond acceptors (Lipinski definition) is 5. The number of nitrogens with zero attached hydrogens (tertiary/aromatic N) is 1. The van der Waals surface area contributed by atoms with Crippen LogP contribution < -0.4 is 20.5 Å². The van der Waals surface area contributed by atoms with Gasteiger partial charge in [0.05, 0.1) is 31.0 Å². The molecule has 0 aromatic heterocycles. The first-order chi connectivity index (χ1) is 13.3. The molecule has 28 heavy (non-hydrogen) atoms. The lowest BCUT2D eigenvalue weighted by Gasteiger charge is -2.19. The van der Waals surface area contributed by atoms with Crippen LogP contribution in [0.25, 0.3) is 0 Å². The summed E-state index contributed by atoms with van der Waals surface area (Å²) in [7, 11) is 8.18. The molecule has 2 aromatic carbocycles. The van der Waals surface area contributed by atoms with E-state index in [9.17, 15) is 9.59 Å². The number of benzene rings is 2. The van der Waals surface area contributed by atoms with Crippen molar-refractivity contribution in [2.45, 2.75) is 12.8 Å². The first kappa shape index (κ1) is 21.1. The van der Waals surface area contributed by atoms with Gasteiger partial charge < -0.3 is 25.4 Å². The maximum atomic E-state index is 12.4. The number of primary amides is 1. The van der Waals surface area contributed by atoms with Crippen LogP contribution in [0.4, 0.5) is 5.69 Å². The van der Waals surface area contributed by atoms with Crippen molar-refractivity contribution in [3.8, 4) is 11.5 Å². The van der Waals surface area contributed by atoms with Crippen LogP contribution in [0, 0.1) is 0 Å². The second-order valence-corrected chi connectivity index (χ2v) is 6.53. The number of nitrogens with two attached hydrogens (primary N) is 1. The highest BCUT2D eigenvalue weighted by Crippen LogP contribution is 2.30. The van der Waals surface area contributed by atoms with Crippen LogP contribution in [-0.2, 0) is 12.8 Å². The van der Waals surface area contributed by atoms with Gasteiger partial charge in [-0.2, -0.15) is 0 Å². The minimum atomic E-state index is -0.569. The maximum Gasteiger partial charge on any atom is 0.255 e. The Labute approximate surface area is 165 Å². The molecule has 0 aliphatic carbocycles. The van der Waals surface area contributed by atoms with E-state index in [1.54, 1.807) is 47.5 Å². The third-order valence-electron chi connectivity index (χ3n) is 4.56. The largest absolute Gasteiger partial charge is 0.493 e. The highest BCUT2D eigenvalue weighted by atomic mass is 16.5. The van der Waals surface area contributed by atoms with E-state index in [0.717, 1.165) is 11.1 Å². The zero-order valence-corrected chi connectivity index (χ0v) is 17.0. The van der Waals surface area contributed by atoms with E-state index in [4.69, 9.17) is 15.2 Å². The molecule has 0 heterocycles. The molecular formula is C21H27N3O4. The van der Waals surface area contributed by atoms with Gasteiger partial charge >= 0.3 is 0 Å². The monoisotopic (exact) mass is 385 g/mol. The van der Waals surface area contributed by atoms with Crippen molar-refractivity contribution in [3.05, 3.63) is 52.6 Å². The van der Waals surface area contributed by atoms with Gasteiger partial charge in [-0.15, -0.1) is 0 Å². The number of methoxy groups -OCH3 is 2. The first-order valence-electron chi connectivity index (χ1n) is 8.90. The number of nitrogens with one attached hydrogen (secondary N) is 1. The van der Waals surface area contributed by atoms with Crippen molar-refractivity contribution in [1.82, 2.24) is 4.90 Å². The fourth-order valence-corrected chi connectivity index (χ4v) is 3.13. The molecule has 7 heteroatoms. The molecular weight excluding hydrogens is 358 g/mol. The predicted octanol–water partition coefficient (Wildman–Crippen LogP) is 2.33. The average molecular weight is 385 g/mol. The summed E-state index contributed by atoms with van der Waals surface area (Å²) in [6.07, 6.45) is 1.25. The van der Waals surface area contributed by atoms with E-state index in [-0.39, 0.29) is 5.91 Å². The molecule has 7 nitrogen and oxygen atoms in total. The van der Waals surface area contributed by atoms with Crippen LogP contribution >= 0.6 is 0 Å². The third-order valence-corrected chi connectivity index (χ3v) is 4.56. The summed E-state index contributed by atoms with van der Waals surface area (Å²) in [5.74, 6) is 0.546. The zero-order chi connectivity index (χ0) is 20.8. The molecule has 3 N–H and O–H groups in total. The highest BCUT2D eigenvalue weighted by molar-refractivity contribution is 6.08. The van der Waals surface area contributed by atoms with Crippen molar-refractivity contribution >= 4 is 17.5 Å². The first-order valence-corrected chi connectivity index (χ1v) is 8.90. The van der Waals surface area contributed by atoms with Gasteiger partial charge in [-0.05, 0) is 42.2 Å². The van der Waals surface area contributed by atoms with Gasteiger partial charge in [0, 0.05) is 21.1 Å². The molecule has 2 aromatic rings. The second kappa shape index (κ2) is 9.12. The number of anilines is 1. The Morgan fingerprint density at radius 2 is 1.71 bits per heavy atom. The van der Waals surface area contributed by atoms with E-state index in [0.29, 0.717) is 41.2 Å². The lowest BCUT2D eigenvalue weighted by Crippen LogP contribution is -2.25. The maximum absolute atomic E-state index is 12.4. The topological polar surface area (TPSA) is 93.9 Å². The number of amides is 2. The smallest absolute Gasteiger partial charge is 0.255 e. The molecule has 2 rings (SSSR count). The molecule has 0 spiro atoms. The number of rotatable bonds is 8. The molecule has 0 saturated carbocycles. The molecule has 0 saturated heterocycles. The van der Waals surface area contributed by atoms with Crippen LogP contribution in [0.1, 0.15) is 31.8 Å². The van der Waals surface area contributed by atoms with Crippen LogP contribution in [0.15, 0.2) is 30.3 Å². The van der Waals surface area contributed by atoms with Gasteiger partial charge in [-0.1, -0.05) is 12.1 Å². The van der Waals surface area contributed by atoms with Crippen LogP contribution in [0.2, 0.25) is 0 Å². The van der Waals surface area contributed by atoms with Crippen molar-refractivity contribution in [2.75, 3.05) is 40.7 Å². The van der Waals surface area contributed by atoms with Gasteiger partial charge in [-0.3, -0.25) is 9.59 Å². The van der Waals surface area contributed by atoms with Crippen molar-refractivity contribution < 1.29 is 19.1 Å². The van der Waals surface area contributed by atoms with Crippen LogP contribution in [-0.4, -0.2) is 52.1 Å². The fraction of sp³-hybridized carbons (Fsp3) is 0.333. The molecule has 0 aliphatic heterocycles. The van der Waals surface area contributed by atoms with Crippen LogP contribution in [0.3, 0.4) is 0 Å². The average Bonchev–Trinajstić information content (AvgIpc) is 2.70. The number of ether oxygens (including phenoxy) is 2. The van der Waals surface area contributed by atoms with Crippen molar-refractivity contribution in [3.63, 3.8) is 0 Å². The number of aryl methyl sites for hydroxylation is 2. The summed E-state index contributed by atoms with van der Waals surface area (Å²) in [6.45, 7) is 0. The molecule has 0 aliphatic rings. The van der Waals surface area contributed by atoms with Gasteiger partial charge in [0.25, 0.3) is 11.8 Å². The van der Waals surface area contributed by atoms with Gasteiger partial charge in [0.15, 0.2) is 11.5 Å². The fourth-order valence-electron chi connectivity index (χ4n) is 3.13. The van der Waals surface area contributed by atoms with E-state index in [1.165, 1.54) is 4.90 Å². The Kier molecular flexibility index (Phi) is 6.87. The van der Waals surface area contributed by atoms with Crippen molar-refractivity contribution in [2.24, 2.45) is 5.73 Å². The summed E-state index contributed by atoms with van der Waals surface area (Å²) < 4.78 is 10.6. The number of hydrogen-bond donors (Lipinski definition) is 2. The lowest BCUT2D eigenvalue weighted by molar-refractivity contribution is 0.0828. The van der Waals surface area contributed by atoms with Crippen LogP contribution in [0.5, 0.6) is 11.5 Å². The number of carbonyl (C=O) groups excluding carboxylic acids is 2. The Balaban J connectivity index is 2.38. The lowest BCUT2D eigenvalue weighted by atomic mass is 9.94. The Morgan fingerprint density at radius 1 is 1.04 bits per heavy atom.